The van der Waals surface area contributed by atoms with Crippen molar-refractivity contribution < 1.29 is 14.3 Å². The highest BCUT2D eigenvalue weighted by Gasteiger charge is 2.14. The van der Waals surface area contributed by atoms with Gasteiger partial charge in [-0.15, -0.1) is 0 Å². The molecule has 0 amide bonds. The van der Waals surface area contributed by atoms with Crippen LogP contribution >= 0.6 is 0 Å². The van der Waals surface area contributed by atoms with Crippen LogP contribution in [0.4, 0.5) is 4.39 Å². The first-order chi connectivity index (χ1) is 10.5. The van der Waals surface area contributed by atoms with Crippen molar-refractivity contribution in [3.8, 4) is 11.1 Å². The second kappa shape index (κ2) is 6.22. The number of hydrogen-bond donors (Lipinski definition) is 2. The molecule has 0 spiro atoms. The Hall–Kier alpha value is -2.95. The monoisotopic (exact) mass is 298 g/mol. The molecule has 2 aromatic carbocycles. The van der Waals surface area contributed by atoms with E-state index in [-0.39, 0.29) is 11.4 Å². The second-order valence-electron chi connectivity index (χ2n) is 4.80. The second-order valence-corrected chi connectivity index (χ2v) is 4.80. The van der Waals surface area contributed by atoms with E-state index in [0.717, 1.165) is 5.56 Å². The summed E-state index contributed by atoms with van der Waals surface area (Å²) in [4.78, 5) is 11.1. The van der Waals surface area contributed by atoms with Gasteiger partial charge in [0.2, 0.25) is 0 Å². The van der Waals surface area contributed by atoms with Crippen molar-refractivity contribution >= 4 is 17.8 Å². The van der Waals surface area contributed by atoms with Crippen LogP contribution in [0.25, 0.3) is 16.7 Å². The zero-order chi connectivity index (χ0) is 16.3. The van der Waals surface area contributed by atoms with Gasteiger partial charge in [0.15, 0.2) is 0 Å². The highest BCUT2D eigenvalue weighted by Crippen LogP contribution is 2.29. The van der Waals surface area contributed by atoms with Crippen LogP contribution in [0, 0.1) is 12.7 Å². The summed E-state index contributed by atoms with van der Waals surface area (Å²) >= 11 is 0. The van der Waals surface area contributed by atoms with Crippen LogP contribution in [0.5, 0.6) is 0 Å². The average Bonchev–Trinajstić information content (AvgIpc) is 2.47. The summed E-state index contributed by atoms with van der Waals surface area (Å²) in [6, 6.07) is 9.70. The minimum atomic E-state index is -1.14. The Balaban J connectivity index is 2.64. The van der Waals surface area contributed by atoms with E-state index in [1.54, 1.807) is 37.3 Å². The molecule has 112 valence electrons. The van der Waals surface area contributed by atoms with Crippen LogP contribution in [-0.4, -0.2) is 17.3 Å². The molecule has 22 heavy (non-hydrogen) atoms. The van der Waals surface area contributed by atoms with Gasteiger partial charge >= 0.3 is 5.97 Å². The summed E-state index contributed by atoms with van der Waals surface area (Å²) < 4.78 is 14.1. The smallest absolute Gasteiger partial charge is 0.335 e. The number of aryl methyl sites for hydroxylation is 1. The van der Waals surface area contributed by atoms with E-state index in [1.165, 1.54) is 12.3 Å². The number of hydrazone groups is 1. The predicted octanol–water partition coefficient (Wildman–Crippen LogP) is 3.19. The van der Waals surface area contributed by atoms with Gasteiger partial charge in [0.25, 0.3) is 0 Å². The fraction of sp³-hybridized carbons (Fsp3) is 0.0588. The van der Waals surface area contributed by atoms with Gasteiger partial charge in [-0.2, -0.15) is 5.10 Å². The summed E-state index contributed by atoms with van der Waals surface area (Å²) in [6.45, 7) is 5.33. The van der Waals surface area contributed by atoms with Crippen LogP contribution in [0.3, 0.4) is 0 Å². The molecule has 0 aromatic heterocycles. The van der Waals surface area contributed by atoms with E-state index in [2.05, 4.69) is 11.7 Å². The minimum absolute atomic E-state index is 0.0771. The largest absolute Gasteiger partial charge is 0.478 e. The van der Waals surface area contributed by atoms with E-state index in [1.807, 2.05) is 0 Å². The summed E-state index contributed by atoms with van der Waals surface area (Å²) in [5.41, 5.74) is 2.63. The molecule has 0 aliphatic heterocycles. The maximum atomic E-state index is 14.1. The fourth-order valence-electron chi connectivity index (χ4n) is 2.29. The van der Waals surface area contributed by atoms with Gasteiger partial charge < -0.3 is 10.9 Å². The molecule has 0 atom stereocenters. The first-order valence-corrected chi connectivity index (χ1v) is 6.51. The molecule has 0 fully saturated rings. The summed E-state index contributed by atoms with van der Waals surface area (Å²) in [7, 11) is 0. The molecule has 0 aliphatic rings. The third-order valence-electron chi connectivity index (χ3n) is 3.36. The van der Waals surface area contributed by atoms with E-state index >= 15 is 0 Å². The molecule has 0 radical (unpaired) electrons. The molecule has 0 aliphatic carbocycles. The highest BCUT2D eigenvalue weighted by atomic mass is 19.1. The number of carboxylic acid groups (broad SMARTS) is 1. The topological polar surface area (TPSA) is 75.7 Å². The van der Waals surface area contributed by atoms with Crippen molar-refractivity contribution in [3.05, 3.63) is 65.5 Å². The van der Waals surface area contributed by atoms with Gasteiger partial charge in [0.1, 0.15) is 5.82 Å². The zero-order valence-corrected chi connectivity index (χ0v) is 12.0. The number of nitrogens with zero attached hydrogens (tertiary/aromatic N) is 1. The molecular formula is C17H15FN2O2. The standard InChI is InChI=1S/C17H15FN2O2/c1-10-4-3-5-15(18)16(10)12-6-7-14(11(2)17(21)22)13(8-12)9-20-19/h3-9H,2,19H2,1H3,(H,21,22)/b20-9-. The van der Waals surface area contributed by atoms with Gasteiger partial charge in [-0.3, -0.25) is 0 Å². The maximum absolute atomic E-state index is 14.1. The number of aliphatic carboxylic acids is 1. The SMILES string of the molecule is C=C(C(=O)O)c1ccc(-c2c(C)cccc2F)cc1/C=N\N. The molecular weight excluding hydrogens is 283 g/mol. The molecule has 0 bridgehead atoms. The van der Waals surface area contributed by atoms with Gasteiger partial charge in [-0.05, 0) is 35.7 Å². The number of carboxylic acids is 1. The van der Waals surface area contributed by atoms with Gasteiger partial charge in [0.05, 0.1) is 11.8 Å². The average molecular weight is 298 g/mol. The van der Waals surface area contributed by atoms with E-state index in [4.69, 9.17) is 10.9 Å². The van der Waals surface area contributed by atoms with Crippen molar-refractivity contribution in [2.75, 3.05) is 0 Å². The minimum Gasteiger partial charge on any atom is -0.478 e. The molecule has 4 nitrogen and oxygen atoms in total. The summed E-state index contributed by atoms with van der Waals surface area (Å²) in [6.07, 6.45) is 1.32. The molecule has 0 saturated heterocycles. The Morgan fingerprint density at radius 2 is 2.09 bits per heavy atom. The van der Waals surface area contributed by atoms with E-state index < -0.39 is 5.97 Å². The fourth-order valence-corrected chi connectivity index (χ4v) is 2.29. The Labute approximate surface area is 127 Å². The third-order valence-corrected chi connectivity index (χ3v) is 3.36. The Bertz CT molecular complexity index is 762. The van der Waals surface area contributed by atoms with Crippen LogP contribution in [0.2, 0.25) is 0 Å². The predicted molar refractivity (Wildman–Crippen MR) is 85.0 cm³/mol. The van der Waals surface area contributed by atoms with Crippen LogP contribution in [-0.2, 0) is 4.79 Å². The summed E-state index contributed by atoms with van der Waals surface area (Å²) in [5.74, 6) is 3.69. The first kappa shape index (κ1) is 15.4. The van der Waals surface area contributed by atoms with Crippen molar-refractivity contribution in [1.82, 2.24) is 0 Å². The number of halogens is 1. The maximum Gasteiger partial charge on any atom is 0.335 e. The quantitative estimate of drug-likeness (QED) is 0.394. The highest BCUT2D eigenvalue weighted by molar-refractivity contribution is 6.16. The number of rotatable bonds is 4. The van der Waals surface area contributed by atoms with E-state index in [9.17, 15) is 9.18 Å². The van der Waals surface area contributed by atoms with Crippen LogP contribution in [0.15, 0.2) is 48.1 Å². The number of hydrogen-bond acceptors (Lipinski definition) is 3. The molecule has 5 heteroatoms. The third kappa shape index (κ3) is 2.88. The summed E-state index contributed by atoms with van der Waals surface area (Å²) in [5, 5.41) is 12.5. The Morgan fingerprint density at radius 3 is 2.68 bits per heavy atom. The van der Waals surface area contributed by atoms with Crippen molar-refractivity contribution in [2.45, 2.75) is 6.92 Å². The van der Waals surface area contributed by atoms with Crippen molar-refractivity contribution in [3.63, 3.8) is 0 Å². The van der Waals surface area contributed by atoms with Gasteiger partial charge in [-0.1, -0.05) is 30.8 Å². The number of carbonyl (C=O) groups is 1. The lowest BCUT2D eigenvalue weighted by atomic mass is 9.94. The zero-order valence-electron chi connectivity index (χ0n) is 12.0. The first-order valence-electron chi connectivity index (χ1n) is 6.51. The molecule has 0 heterocycles. The molecule has 0 unspecified atom stereocenters. The lowest BCUT2D eigenvalue weighted by molar-refractivity contribution is -0.130. The van der Waals surface area contributed by atoms with Crippen LogP contribution < -0.4 is 5.84 Å². The van der Waals surface area contributed by atoms with Gasteiger partial charge in [0, 0.05) is 11.1 Å². The Morgan fingerprint density at radius 1 is 1.36 bits per heavy atom. The Kier molecular flexibility index (Phi) is 4.36. The number of benzene rings is 2. The van der Waals surface area contributed by atoms with Gasteiger partial charge in [-0.25, -0.2) is 9.18 Å². The van der Waals surface area contributed by atoms with Crippen molar-refractivity contribution in [1.29, 1.82) is 0 Å². The lowest BCUT2D eigenvalue weighted by Crippen LogP contribution is -2.03. The molecule has 0 saturated carbocycles. The lowest BCUT2D eigenvalue weighted by Gasteiger charge is -2.11. The number of nitrogens with two attached hydrogens (primary N) is 1. The van der Waals surface area contributed by atoms with Crippen molar-refractivity contribution in [2.24, 2.45) is 10.9 Å². The molecule has 2 rings (SSSR count). The normalized spacial score (nSPS) is 10.8. The van der Waals surface area contributed by atoms with E-state index in [0.29, 0.717) is 22.3 Å². The molecule has 3 N–H and O–H groups in total. The van der Waals surface area contributed by atoms with Crippen LogP contribution in [0.1, 0.15) is 16.7 Å². The molecule has 2 aromatic rings.